The molecule has 2 aliphatic rings. The Hall–Kier alpha value is -6.39. The highest BCUT2D eigenvalue weighted by Gasteiger charge is 2.35. The lowest BCUT2D eigenvalue weighted by molar-refractivity contribution is -0.128. The topological polar surface area (TPSA) is 172 Å². The molecule has 0 aliphatic carbocycles. The molecule has 2 fully saturated rings. The molecule has 0 spiro atoms. The van der Waals surface area contributed by atoms with Crippen molar-refractivity contribution in [2.45, 2.75) is 25.7 Å². The fraction of sp³-hybridized carbons (Fsp3) is 0.250. The number of amidine groups is 2. The van der Waals surface area contributed by atoms with Crippen LogP contribution in [0.15, 0.2) is 105 Å². The Balaban J connectivity index is 1.05. The number of aromatic hydroxyl groups is 2. The van der Waals surface area contributed by atoms with E-state index in [-0.39, 0.29) is 58.8 Å². The van der Waals surface area contributed by atoms with E-state index in [0.29, 0.717) is 62.9 Å². The summed E-state index contributed by atoms with van der Waals surface area (Å²) >= 11 is 2.42. The number of aliphatic imine (C=N–C) groups is 2. The zero-order valence-electron chi connectivity index (χ0n) is 33.5. The van der Waals surface area contributed by atoms with Crippen LogP contribution in [-0.2, 0) is 14.4 Å². The third-order valence-corrected chi connectivity index (χ3v) is 11.3. The Morgan fingerprint density at radius 3 is 1.50 bits per heavy atom. The summed E-state index contributed by atoms with van der Waals surface area (Å²) in [7, 11) is 5.74. The average molecular weight is 852 g/mol. The number of thioether (sulfide) groups is 2. The van der Waals surface area contributed by atoms with Gasteiger partial charge in [0.1, 0.15) is 6.54 Å². The van der Waals surface area contributed by atoms with E-state index in [2.05, 4.69) is 10.3 Å². The second kappa shape index (κ2) is 20.5. The van der Waals surface area contributed by atoms with E-state index in [1.807, 2.05) is 60.7 Å². The van der Waals surface area contributed by atoms with Gasteiger partial charge in [-0.25, -0.2) is 9.98 Å². The van der Waals surface area contributed by atoms with Crippen LogP contribution < -0.4 is 24.3 Å². The van der Waals surface area contributed by atoms with Crippen LogP contribution in [0, 0.1) is 0 Å². The molecule has 3 N–H and O–H groups in total. The highest BCUT2D eigenvalue weighted by atomic mass is 32.2. The molecule has 16 heteroatoms. The number of amides is 3. The third kappa shape index (κ3) is 10.6. The first-order valence-corrected chi connectivity index (χ1v) is 20.6. The van der Waals surface area contributed by atoms with E-state index in [1.54, 1.807) is 41.3 Å². The molecule has 4 aromatic rings. The summed E-state index contributed by atoms with van der Waals surface area (Å²) in [5.74, 6) is -0.349. The number of carbonyl (C=O) groups excluding carboxylic acids is 3. The minimum Gasteiger partial charge on any atom is -0.502 e. The molecule has 6 rings (SSSR count). The van der Waals surface area contributed by atoms with Crippen LogP contribution in [0.2, 0.25) is 0 Å². The van der Waals surface area contributed by atoms with Crippen LogP contribution in [0.4, 0.5) is 11.4 Å². The largest absolute Gasteiger partial charge is 0.502 e. The number of para-hydroxylation sites is 2. The van der Waals surface area contributed by atoms with Crippen molar-refractivity contribution in [3.8, 4) is 34.5 Å². The fourth-order valence-electron chi connectivity index (χ4n) is 6.22. The molecule has 2 saturated heterocycles. The predicted molar refractivity (Wildman–Crippen MR) is 236 cm³/mol. The maximum absolute atomic E-state index is 13.7. The first-order chi connectivity index (χ1) is 29.1. The maximum atomic E-state index is 13.7. The van der Waals surface area contributed by atoms with Crippen LogP contribution in [0.1, 0.15) is 36.8 Å². The summed E-state index contributed by atoms with van der Waals surface area (Å²) in [5.41, 5.74) is 2.54. The van der Waals surface area contributed by atoms with Gasteiger partial charge in [0.05, 0.1) is 49.6 Å². The van der Waals surface area contributed by atoms with Crippen molar-refractivity contribution in [3.63, 3.8) is 0 Å². The Labute approximate surface area is 356 Å². The summed E-state index contributed by atoms with van der Waals surface area (Å²) in [6, 6.07) is 25.0. The predicted octanol–water partition coefficient (Wildman–Crippen LogP) is 7.72. The van der Waals surface area contributed by atoms with E-state index in [4.69, 9.17) is 23.9 Å². The zero-order chi connectivity index (χ0) is 42.6. The number of phenols is 2. The number of hydrogen-bond acceptors (Lipinski definition) is 13. The van der Waals surface area contributed by atoms with Crippen molar-refractivity contribution in [2.24, 2.45) is 9.98 Å². The van der Waals surface area contributed by atoms with Gasteiger partial charge in [0.25, 0.3) is 11.8 Å². The number of rotatable bonds is 17. The Morgan fingerprint density at radius 1 is 0.633 bits per heavy atom. The number of benzene rings is 4. The molecule has 312 valence electrons. The van der Waals surface area contributed by atoms with Gasteiger partial charge in [0.2, 0.25) is 17.4 Å². The van der Waals surface area contributed by atoms with Gasteiger partial charge in [0, 0.05) is 13.1 Å². The molecule has 0 saturated carbocycles. The van der Waals surface area contributed by atoms with E-state index in [9.17, 15) is 24.6 Å². The van der Waals surface area contributed by atoms with Crippen LogP contribution >= 0.6 is 23.5 Å². The number of unbranched alkanes of at least 4 members (excludes halogenated alkanes) is 3. The van der Waals surface area contributed by atoms with Crippen molar-refractivity contribution >= 4 is 75.1 Å². The van der Waals surface area contributed by atoms with E-state index < -0.39 is 0 Å². The Bertz CT molecular complexity index is 2280. The highest BCUT2D eigenvalue weighted by Crippen LogP contribution is 2.41. The number of hydrogen-bond donors (Lipinski definition) is 3. The van der Waals surface area contributed by atoms with Crippen LogP contribution in [0.5, 0.6) is 34.5 Å². The molecule has 14 nitrogen and oxygen atoms in total. The molecule has 0 atom stereocenters. The van der Waals surface area contributed by atoms with Gasteiger partial charge < -0.3 is 34.5 Å². The van der Waals surface area contributed by atoms with Crippen molar-refractivity contribution in [1.29, 1.82) is 0 Å². The van der Waals surface area contributed by atoms with Gasteiger partial charge in [-0.15, -0.1) is 0 Å². The van der Waals surface area contributed by atoms with Gasteiger partial charge in [-0.05, 0) is 108 Å². The van der Waals surface area contributed by atoms with Gasteiger partial charge in [-0.1, -0.05) is 49.2 Å². The molecule has 0 aromatic heterocycles. The van der Waals surface area contributed by atoms with E-state index in [1.165, 1.54) is 45.1 Å². The summed E-state index contributed by atoms with van der Waals surface area (Å²) in [5, 5.41) is 24.6. The minimum atomic E-state index is -0.388. The first-order valence-electron chi connectivity index (χ1n) is 19.0. The molecule has 2 aliphatic heterocycles. The van der Waals surface area contributed by atoms with Crippen molar-refractivity contribution < 1.29 is 43.5 Å². The SMILES string of the molecule is COc1cc(/C=C2\SC(=Nc3ccccc3)N(CCCCCCNC(=O)CN3C(=O)/C(=C/c4cc(OC)c(O)c(OC)c4)SC3=Nc3ccccc3)C2=O)cc(OC)c1O. The smallest absolute Gasteiger partial charge is 0.267 e. The lowest BCUT2D eigenvalue weighted by Gasteiger charge is -2.16. The van der Waals surface area contributed by atoms with Gasteiger partial charge in [0.15, 0.2) is 33.3 Å². The van der Waals surface area contributed by atoms with E-state index >= 15 is 0 Å². The van der Waals surface area contributed by atoms with Crippen molar-refractivity contribution in [2.75, 3.05) is 48.1 Å². The second-order valence-corrected chi connectivity index (χ2v) is 15.4. The lowest BCUT2D eigenvalue weighted by atomic mass is 10.1. The number of phenolic OH excluding ortho intramolecular Hbond substituents is 2. The Morgan fingerprint density at radius 2 is 1.05 bits per heavy atom. The Kier molecular flexibility index (Phi) is 14.8. The maximum Gasteiger partial charge on any atom is 0.267 e. The summed E-state index contributed by atoms with van der Waals surface area (Å²) in [6.07, 6.45) is 6.36. The number of ether oxygens (including phenoxy) is 4. The lowest BCUT2D eigenvalue weighted by Crippen LogP contribution is -2.40. The van der Waals surface area contributed by atoms with Gasteiger partial charge in [-0.2, -0.15) is 0 Å². The highest BCUT2D eigenvalue weighted by molar-refractivity contribution is 8.19. The van der Waals surface area contributed by atoms with Gasteiger partial charge in [-0.3, -0.25) is 24.2 Å². The summed E-state index contributed by atoms with van der Waals surface area (Å²) in [6.45, 7) is 0.622. The van der Waals surface area contributed by atoms with Gasteiger partial charge >= 0.3 is 0 Å². The fourth-order valence-corrected chi connectivity index (χ4v) is 8.24. The molecular formula is C44H45N5O9S2. The monoisotopic (exact) mass is 851 g/mol. The van der Waals surface area contributed by atoms with Crippen LogP contribution in [0.3, 0.4) is 0 Å². The third-order valence-electron chi connectivity index (χ3n) is 9.27. The number of methoxy groups -OCH3 is 4. The number of nitrogens with one attached hydrogen (secondary N) is 1. The standard InChI is InChI=1S/C44H45N5O9S2/c1-55-32-21-28(22-33(56-2)39(32)51)25-36-41(53)48(43(59-36)46-30-15-9-7-10-16-30)20-14-6-5-13-19-45-38(50)27-49-42(54)37(60-44(49)47-31-17-11-8-12-18-31)26-29-23-34(57-3)40(52)35(24-29)58-4/h7-12,15-18,21-26,51-52H,5-6,13-14,19-20,27H2,1-4H3,(H,45,50)/b36-25-,37-26-,46-43?,47-44?. The molecule has 3 amide bonds. The first kappa shape index (κ1) is 43.2. The molecule has 2 heterocycles. The molecule has 60 heavy (non-hydrogen) atoms. The number of nitrogens with zero attached hydrogens (tertiary/aromatic N) is 4. The molecule has 0 radical (unpaired) electrons. The molecule has 0 bridgehead atoms. The summed E-state index contributed by atoms with van der Waals surface area (Å²) < 4.78 is 21.1. The van der Waals surface area contributed by atoms with Crippen molar-refractivity contribution in [3.05, 3.63) is 106 Å². The van der Waals surface area contributed by atoms with E-state index in [0.717, 1.165) is 30.3 Å². The van der Waals surface area contributed by atoms with Crippen molar-refractivity contribution in [1.82, 2.24) is 15.1 Å². The quantitative estimate of drug-likeness (QED) is 0.0702. The average Bonchev–Trinajstić information content (AvgIpc) is 3.70. The molecule has 0 unspecified atom stereocenters. The minimum absolute atomic E-state index is 0.124. The second-order valence-electron chi connectivity index (χ2n) is 13.3. The number of carbonyl (C=O) groups is 3. The normalized spacial score (nSPS) is 16.7. The molecular weight excluding hydrogens is 807 g/mol. The summed E-state index contributed by atoms with van der Waals surface area (Å²) in [4.78, 5) is 53.9. The zero-order valence-corrected chi connectivity index (χ0v) is 35.2. The van der Waals surface area contributed by atoms with Crippen LogP contribution in [0.25, 0.3) is 12.2 Å². The van der Waals surface area contributed by atoms with Crippen LogP contribution in [-0.4, -0.2) is 96.1 Å². The molecule has 4 aromatic carbocycles.